The third-order valence-electron chi connectivity index (χ3n) is 5.15. The van der Waals surface area contributed by atoms with Gasteiger partial charge in [-0.15, -0.1) is 0 Å². The Morgan fingerprint density at radius 1 is 1.31 bits per heavy atom. The van der Waals surface area contributed by atoms with E-state index in [4.69, 9.17) is 11.6 Å². The van der Waals surface area contributed by atoms with Gasteiger partial charge in [-0.1, -0.05) is 23.7 Å². The Labute approximate surface area is 160 Å². The van der Waals surface area contributed by atoms with Crippen molar-refractivity contribution in [1.82, 2.24) is 19.6 Å². The van der Waals surface area contributed by atoms with Gasteiger partial charge in [0.2, 0.25) is 0 Å². The molecule has 1 aromatic heterocycles. The van der Waals surface area contributed by atoms with Gasteiger partial charge in [-0.3, -0.25) is 9.48 Å². The molecule has 0 bridgehead atoms. The van der Waals surface area contributed by atoms with Gasteiger partial charge in [-0.05, 0) is 55.5 Å². The molecule has 1 fully saturated rings. The summed E-state index contributed by atoms with van der Waals surface area (Å²) in [6, 6.07) is 9.89. The number of carbonyl (C=O) groups excluding carboxylic acids is 1. The van der Waals surface area contributed by atoms with Gasteiger partial charge in [0, 0.05) is 44.9 Å². The topological polar surface area (TPSA) is 41.4 Å². The Balaban J connectivity index is 1.49. The number of aromatic nitrogens is 2. The van der Waals surface area contributed by atoms with Crippen LogP contribution in [0, 0.1) is 5.92 Å². The first kappa shape index (κ1) is 18.9. The molecule has 0 N–H and O–H groups in total. The van der Waals surface area contributed by atoms with E-state index in [1.807, 2.05) is 24.1 Å². The van der Waals surface area contributed by atoms with E-state index in [-0.39, 0.29) is 5.91 Å². The summed E-state index contributed by atoms with van der Waals surface area (Å²) in [5, 5.41) is 4.88. The molecule has 1 amide bonds. The number of hydrogen-bond acceptors (Lipinski definition) is 3. The van der Waals surface area contributed by atoms with Crippen molar-refractivity contribution in [3.05, 3.63) is 52.8 Å². The van der Waals surface area contributed by atoms with Gasteiger partial charge in [-0.25, -0.2) is 0 Å². The van der Waals surface area contributed by atoms with Gasteiger partial charge >= 0.3 is 0 Å². The molecular weight excluding hydrogens is 348 g/mol. The number of benzene rings is 1. The predicted octanol–water partition coefficient (Wildman–Crippen LogP) is 3.10. The summed E-state index contributed by atoms with van der Waals surface area (Å²) in [5.41, 5.74) is 1.96. The smallest absolute Gasteiger partial charge is 0.271 e. The molecule has 0 radical (unpaired) electrons. The maximum absolute atomic E-state index is 12.6. The van der Waals surface area contributed by atoms with Crippen LogP contribution in [0.3, 0.4) is 0 Å². The van der Waals surface area contributed by atoms with Crippen molar-refractivity contribution in [2.45, 2.75) is 19.3 Å². The van der Waals surface area contributed by atoms with Crippen LogP contribution < -0.4 is 0 Å². The van der Waals surface area contributed by atoms with Crippen LogP contribution in [0.1, 0.15) is 28.9 Å². The molecular formula is C20H27ClN4O. The predicted molar refractivity (Wildman–Crippen MR) is 104 cm³/mol. The summed E-state index contributed by atoms with van der Waals surface area (Å²) in [5.74, 6) is 0.569. The van der Waals surface area contributed by atoms with Gasteiger partial charge in [0.05, 0.1) is 0 Å². The average Bonchev–Trinajstić information content (AvgIpc) is 3.07. The lowest BCUT2D eigenvalue weighted by molar-refractivity contribution is 0.0720. The van der Waals surface area contributed by atoms with E-state index in [1.165, 1.54) is 18.4 Å². The number of piperidine rings is 1. The molecule has 5 nitrogen and oxygen atoms in total. The van der Waals surface area contributed by atoms with Gasteiger partial charge in [0.1, 0.15) is 5.69 Å². The van der Waals surface area contributed by atoms with E-state index in [1.54, 1.807) is 24.0 Å². The van der Waals surface area contributed by atoms with Gasteiger partial charge < -0.3 is 9.80 Å². The molecule has 1 aromatic carbocycles. The third-order valence-corrected chi connectivity index (χ3v) is 5.40. The van der Waals surface area contributed by atoms with Crippen molar-refractivity contribution in [2.24, 2.45) is 13.0 Å². The van der Waals surface area contributed by atoms with Crippen LogP contribution in [-0.4, -0.2) is 58.7 Å². The van der Waals surface area contributed by atoms with Crippen LogP contribution in [0.4, 0.5) is 0 Å². The number of halogens is 1. The minimum atomic E-state index is 0.0447. The fraction of sp³-hybridized carbons (Fsp3) is 0.500. The zero-order valence-electron chi connectivity index (χ0n) is 15.6. The molecule has 0 saturated carbocycles. The summed E-state index contributed by atoms with van der Waals surface area (Å²) >= 11 is 5.95. The molecule has 1 aliphatic heterocycles. The van der Waals surface area contributed by atoms with Crippen molar-refractivity contribution >= 4 is 17.5 Å². The normalized spacial score (nSPS) is 18.0. The maximum atomic E-state index is 12.6. The highest BCUT2D eigenvalue weighted by Gasteiger charge is 2.24. The first-order chi connectivity index (χ1) is 12.5. The summed E-state index contributed by atoms with van der Waals surface area (Å²) in [6.45, 7) is 4.04. The van der Waals surface area contributed by atoms with E-state index in [9.17, 15) is 4.79 Å². The second-order valence-corrected chi connectivity index (χ2v) is 7.65. The fourth-order valence-corrected chi connectivity index (χ4v) is 3.82. The lowest BCUT2D eigenvalue weighted by atomic mass is 9.97. The van der Waals surface area contributed by atoms with Crippen LogP contribution in [0.5, 0.6) is 0 Å². The van der Waals surface area contributed by atoms with Crippen LogP contribution in [0.2, 0.25) is 5.02 Å². The van der Waals surface area contributed by atoms with Crippen molar-refractivity contribution in [3.63, 3.8) is 0 Å². The molecule has 0 spiro atoms. The van der Waals surface area contributed by atoms with Crippen LogP contribution in [-0.2, 0) is 13.5 Å². The highest BCUT2D eigenvalue weighted by molar-refractivity contribution is 6.30. The van der Waals surface area contributed by atoms with E-state index >= 15 is 0 Å². The molecule has 26 heavy (non-hydrogen) atoms. The van der Waals surface area contributed by atoms with Gasteiger partial charge in [-0.2, -0.15) is 5.10 Å². The number of amides is 1. The number of aryl methyl sites for hydroxylation is 1. The Kier molecular flexibility index (Phi) is 6.33. The number of carbonyl (C=O) groups is 1. The van der Waals surface area contributed by atoms with Crippen molar-refractivity contribution in [1.29, 1.82) is 0 Å². The Hall–Kier alpha value is -1.85. The summed E-state index contributed by atoms with van der Waals surface area (Å²) in [6.07, 6.45) is 5.08. The Morgan fingerprint density at radius 3 is 2.77 bits per heavy atom. The lowest BCUT2D eigenvalue weighted by Gasteiger charge is -2.34. The van der Waals surface area contributed by atoms with Crippen LogP contribution in [0.25, 0.3) is 0 Å². The standard InChI is InChI=1S/C20H27ClN4O/c1-23(20(26)19-9-11-22-24(19)2)14-17-4-3-12-25(15-17)13-10-16-5-7-18(21)8-6-16/h5-9,11,17H,3-4,10,12-15H2,1-2H3/t17-/m0/s1. The largest absolute Gasteiger partial charge is 0.340 e. The summed E-state index contributed by atoms with van der Waals surface area (Å²) < 4.78 is 1.64. The average molecular weight is 375 g/mol. The van der Waals surface area contributed by atoms with Gasteiger partial charge in [0.25, 0.3) is 5.91 Å². The first-order valence-corrected chi connectivity index (χ1v) is 9.61. The van der Waals surface area contributed by atoms with Crippen molar-refractivity contribution in [3.8, 4) is 0 Å². The molecule has 140 valence electrons. The van der Waals surface area contributed by atoms with E-state index < -0.39 is 0 Å². The molecule has 1 atom stereocenters. The Morgan fingerprint density at radius 2 is 2.08 bits per heavy atom. The van der Waals surface area contributed by atoms with Crippen LogP contribution >= 0.6 is 11.6 Å². The SMILES string of the molecule is CN(C[C@@H]1CCCN(CCc2ccc(Cl)cc2)C1)C(=O)c1ccnn1C. The minimum absolute atomic E-state index is 0.0447. The fourth-order valence-electron chi connectivity index (χ4n) is 3.69. The molecule has 2 heterocycles. The zero-order chi connectivity index (χ0) is 18.5. The molecule has 1 aliphatic rings. The van der Waals surface area contributed by atoms with Crippen LogP contribution in [0.15, 0.2) is 36.5 Å². The minimum Gasteiger partial charge on any atom is -0.340 e. The molecule has 6 heteroatoms. The van der Waals surface area contributed by atoms with E-state index in [0.717, 1.165) is 37.6 Å². The quantitative estimate of drug-likeness (QED) is 0.780. The zero-order valence-corrected chi connectivity index (χ0v) is 16.3. The molecule has 0 aliphatic carbocycles. The second-order valence-electron chi connectivity index (χ2n) is 7.21. The number of rotatable bonds is 6. The monoisotopic (exact) mass is 374 g/mol. The summed E-state index contributed by atoms with van der Waals surface area (Å²) in [4.78, 5) is 16.9. The summed E-state index contributed by atoms with van der Waals surface area (Å²) in [7, 11) is 3.70. The highest BCUT2D eigenvalue weighted by Crippen LogP contribution is 2.19. The highest BCUT2D eigenvalue weighted by atomic mass is 35.5. The van der Waals surface area contributed by atoms with Gasteiger partial charge in [0.15, 0.2) is 0 Å². The van der Waals surface area contributed by atoms with E-state index in [2.05, 4.69) is 22.1 Å². The molecule has 0 unspecified atom stereocenters. The number of nitrogens with zero attached hydrogens (tertiary/aromatic N) is 4. The maximum Gasteiger partial charge on any atom is 0.271 e. The molecule has 1 saturated heterocycles. The second kappa shape index (κ2) is 8.69. The Bertz CT molecular complexity index is 728. The number of likely N-dealkylation sites (tertiary alicyclic amines) is 1. The third kappa shape index (κ3) is 4.86. The van der Waals surface area contributed by atoms with Crippen molar-refractivity contribution < 1.29 is 4.79 Å². The molecule has 2 aromatic rings. The first-order valence-electron chi connectivity index (χ1n) is 9.23. The molecule has 3 rings (SSSR count). The number of hydrogen-bond donors (Lipinski definition) is 0. The van der Waals surface area contributed by atoms with E-state index in [0.29, 0.717) is 11.6 Å². The lowest BCUT2D eigenvalue weighted by Crippen LogP contribution is -2.42. The van der Waals surface area contributed by atoms with Crippen molar-refractivity contribution in [2.75, 3.05) is 33.2 Å².